The van der Waals surface area contributed by atoms with E-state index in [2.05, 4.69) is 41.5 Å². The maximum absolute atomic E-state index is 4.38. The molecule has 0 atom stereocenters. The van der Waals surface area contributed by atoms with Crippen molar-refractivity contribution < 1.29 is 0 Å². The largest absolute Gasteiger partial charge is 0.367 e. The van der Waals surface area contributed by atoms with E-state index in [0.29, 0.717) is 5.95 Å². The normalized spacial score (nSPS) is 10.3. The summed E-state index contributed by atoms with van der Waals surface area (Å²) in [4.78, 5) is 12.5. The van der Waals surface area contributed by atoms with Crippen LogP contribution in [-0.4, -0.2) is 32.6 Å². The Hall–Kier alpha value is -1.63. The number of halogens is 1. The highest BCUT2D eigenvalue weighted by molar-refractivity contribution is 9.10. The molecule has 7 heteroatoms. The van der Waals surface area contributed by atoms with Gasteiger partial charge in [0, 0.05) is 38.2 Å². The van der Waals surface area contributed by atoms with Crippen LogP contribution in [0.3, 0.4) is 0 Å². The van der Waals surface area contributed by atoms with Crippen LogP contribution in [-0.2, 0) is 6.54 Å². The van der Waals surface area contributed by atoms with E-state index in [9.17, 15) is 0 Å². The van der Waals surface area contributed by atoms with Crippen molar-refractivity contribution in [2.45, 2.75) is 13.5 Å². The first-order valence-electron chi connectivity index (χ1n) is 5.75. The van der Waals surface area contributed by atoms with E-state index in [0.717, 1.165) is 29.9 Å². The number of aromatic nitrogens is 4. The van der Waals surface area contributed by atoms with Gasteiger partial charge in [0.2, 0.25) is 5.95 Å². The predicted octanol–water partition coefficient (Wildman–Crippen LogP) is 1.98. The summed E-state index contributed by atoms with van der Waals surface area (Å²) in [7, 11) is 0. The maximum atomic E-state index is 4.38. The molecule has 96 valence electrons. The minimum absolute atomic E-state index is 0.630. The molecule has 2 aromatic rings. The van der Waals surface area contributed by atoms with E-state index in [1.54, 1.807) is 18.7 Å². The molecule has 0 amide bonds. The average Bonchev–Trinajstić information content (AvgIpc) is 2.86. The smallest absolute Gasteiger partial charge is 0.224 e. The van der Waals surface area contributed by atoms with Gasteiger partial charge < -0.3 is 15.2 Å². The molecule has 2 aromatic heterocycles. The Morgan fingerprint density at radius 3 is 3.00 bits per heavy atom. The summed E-state index contributed by atoms with van der Waals surface area (Å²) in [6, 6.07) is 0. The van der Waals surface area contributed by atoms with Crippen LogP contribution < -0.4 is 10.6 Å². The third kappa shape index (κ3) is 3.43. The second-order valence-corrected chi connectivity index (χ2v) is 4.50. The van der Waals surface area contributed by atoms with Gasteiger partial charge in [0.15, 0.2) is 0 Å². The van der Waals surface area contributed by atoms with Gasteiger partial charge in [-0.1, -0.05) is 0 Å². The fourth-order valence-corrected chi connectivity index (χ4v) is 1.79. The fourth-order valence-electron chi connectivity index (χ4n) is 1.46. The fraction of sp³-hybridized carbons (Fsp3) is 0.364. The van der Waals surface area contributed by atoms with Crippen molar-refractivity contribution in [3.05, 3.63) is 29.4 Å². The minimum Gasteiger partial charge on any atom is -0.367 e. The van der Waals surface area contributed by atoms with Crippen molar-refractivity contribution in [2.24, 2.45) is 0 Å². The van der Waals surface area contributed by atoms with E-state index in [1.807, 2.05) is 17.7 Å². The van der Waals surface area contributed by atoms with Crippen molar-refractivity contribution in [1.29, 1.82) is 0 Å². The Morgan fingerprint density at radius 2 is 2.28 bits per heavy atom. The highest BCUT2D eigenvalue weighted by atomic mass is 79.9. The lowest BCUT2D eigenvalue weighted by atomic mass is 10.5. The lowest BCUT2D eigenvalue weighted by Crippen LogP contribution is -2.12. The number of nitrogens with zero attached hydrogens (tertiary/aromatic N) is 4. The third-order valence-corrected chi connectivity index (χ3v) is 2.88. The number of nitrogens with one attached hydrogen (secondary N) is 2. The van der Waals surface area contributed by atoms with Crippen molar-refractivity contribution in [1.82, 2.24) is 19.5 Å². The van der Waals surface area contributed by atoms with Gasteiger partial charge >= 0.3 is 0 Å². The van der Waals surface area contributed by atoms with Gasteiger partial charge in [-0.15, -0.1) is 0 Å². The summed E-state index contributed by atoms with van der Waals surface area (Å²) in [5, 5.41) is 6.34. The molecule has 0 aliphatic heterocycles. The molecule has 0 saturated heterocycles. The lowest BCUT2D eigenvalue weighted by molar-refractivity contribution is 0.725. The summed E-state index contributed by atoms with van der Waals surface area (Å²) in [5.74, 6) is 1.42. The molecule has 18 heavy (non-hydrogen) atoms. The van der Waals surface area contributed by atoms with E-state index >= 15 is 0 Å². The van der Waals surface area contributed by atoms with Gasteiger partial charge in [0.05, 0.1) is 10.8 Å². The first-order valence-corrected chi connectivity index (χ1v) is 6.55. The number of hydrogen-bond donors (Lipinski definition) is 2. The number of imidazole rings is 1. The van der Waals surface area contributed by atoms with Crippen LogP contribution in [0.25, 0.3) is 0 Å². The Kier molecular flexibility index (Phi) is 4.52. The zero-order chi connectivity index (χ0) is 12.8. The quantitative estimate of drug-likeness (QED) is 0.854. The van der Waals surface area contributed by atoms with E-state index in [4.69, 9.17) is 0 Å². The second-order valence-electron chi connectivity index (χ2n) is 3.65. The van der Waals surface area contributed by atoms with Crippen molar-refractivity contribution >= 4 is 27.7 Å². The van der Waals surface area contributed by atoms with Crippen LogP contribution in [0.5, 0.6) is 0 Å². The molecule has 6 nitrogen and oxygen atoms in total. The zero-order valence-electron chi connectivity index (χ0n) is 10.1. The molecule has 0 fully saturated rings. The Balaban J connectivity index is 1.93. The lowest BCUT2D eigenvalue weighted by Gasteiger charge is -2.09. The van der Waals surface area contributed by atoms with Crippen molar-refractivity contribution in [2.75, 3.05) is 23.7 Å². The maximum Gasteiger partial charge on any atom is 0.224 e. The molecular weight excluding hydrogens is 296 g/mol. The highest BCUT2D eigenvalue weighted by Gasteiger charge is 2.03. The van der Waals surface area contributed by atoms with Gasteiger partial charge in [-0.2, -0.15) is 4.98 Å². The Morgan fingerprint density at radius 1 is 1.39 bits per heavy atom. The second kappa shape index (κ2) is 6.34. The topological polar surface area (TPSA) is 67.7 Å². The van der Waals surface area contributed by atoms with E-state index < -0.39 is 0 Å². The molecule has 0 bridgehead atoms. The van der Waals surface area contributed by atoms with Gasteiger partial charge in [-0.25, -0.2) is 9.97 Å². The highest BCUT2D eigenvalue weighted by Crippen LogP contribution is 2.19. The van der Waals surface area contributed by atoms with Gasteiger partial charge in [0.25, 0.3) is 0 Å². The number of rotatable bonds is 6. The third-order valence-electron chi connectivity index (χ3n) is 2.30. The standard InChI is InChI=1S/C11H15BrN6/c1-2-14-11-16-7-9(12)10(17-11)15-4-6-18-5-3-13-8-18/h3,5,7-8H,2,4,6H2,1H3,(H2,14,15,16,17). The summed E-state index contributed by atoms with van der Waals surface area (Å²) in [6.45, 7) is 4.43. The van der Waals surface area contributed by atoms with Gasteiger partial charge in [0.1, 0.15) is 5.82 Å². The SMILES string of the molecule is CCNc1ncc(Br)c(NCCn2ccnc2)n1. The molecule has 2 N–H and O–H groups in total. The molecular formula is C11H15BrN6. The Bertz CT molecular complexity index is 484. The summed E-state index contributed by atoms with van der Waals surface area (Å²) < 4.78 is 2.86. The molecule has 2 rings (SSSR count). The van der Waals surface area contributed by atoms with Crippen LogP contribution >= 0.6 is 15.9 Å². The van der Waals surface area contributed by atoms with Crippen molar-refractivity contribution in [3.63, 3.8) is 0 Å². The van der Waals surface area contributed by atoms with E-state index in [1.165, 1.54) is 0 Å². The molecule has 0 spiro atoms. The number of hydrogen-bond acceptors (Lipinski definition) is 5. The monoisotopic (exact) mass is 310 g/mol. The van der Waals surface area contributed by atoms with Crippen LogP contribution in [0, 0.1) is 0 Å². The van der Waals surface area contributed by atoms with E-state index in [-0.39, 0.29) is 0 Å². The number of anilines is 2. The average molecular weight is 311 g/mol. The molecule has 2 heterocycles. The summed E-state index contributed by atoms with van der Waals surface area (Å²) >= 11 is 3.43. The zero-order valence-corrected chi connectivity index (χ0v) is 11.7. The molecule has 0 saturated carbocycles. The van der Waals surface area contributed by atoms with Crippen LogP contribution in [0.1, 0.15) is 6.92 Å². The summed E-state index contributed by atoms with van der Waals surface area (Å²) in [6.07, 6.45) is 7.23. The Labute approximate surface area is 114 Å². The van der Waals surface area contributed by atoms with Gasteiger partial charge in [-0.05, 0) is 22.9 Å². The first kappa shape index (κ1) is 12.8. The molecule has 0 radical (unpaired) electrons. The molecule has 0 aromatic carbocycles. The van der Waals surface area contributed by atoms with Crippen LogP contribution in [0.2, 0.25) is 0 Å². The van der Waals surface area contributed by atoms with Crippen LogP contribution in [0.15, 0.2) is 29.4 Å². The van der Waals surface area contributed by atoms with Crippen LogP contribution in [0.4, 0.5) is 11.8 Å². The molecule has 0 unspecified atom stereocenters. The summed E-state index contributed by atoms with van der Waals surface area (Å²) in [5.41, 5.74) is 0. The van der Waals surface area contributed by atoms with Gasteiger partial charge in [-0.3, -0.25) is 0 Å². The minimum atomic E-state index is 0.630. The predicted molar refractivity (Wildman–Crippen MR) is 74.6 cm³/mol. The van der Waals surface area contributed by atoms with Crippen molar-refractivity contribution in [3.8, 4) is 0 Å². The molecule has 0 aliphatic rings. The molecule has 0 aliphatic carbocycles. The first-order chi connectivity index (χ1) is 8.79.